The highest BCUT2D eigenvalue weighted by molar-refractivity contribution is 7.92. The summed E-state index contributed by atoms with van der Waals surface area (Å²) in [4.78, 5) is 24.7. The van der Waals surface area contributed by atoms with Gasteiger partial charge in [0, 0.05) is 38.9 Å². The zero-order valence-electron chi connectivity index (χ0n) is 18.6. The molecule has 0 spiro atoms. The van der Waals surface area contributed by atoms with Crippen molar-refractivity contribution in [2.75, 3.05) is 43.0 Å². The Bertz CT molecular complexity index is 1090. The van der Waals surface area contributed by atoms with Gasteiger partial charge in [-0.1, -0.05) is 18.2 Å². The summed E-state index contributed by atoms with van der Waals surface area (Å²) in [5.41, 5.74) is 0.432. The van der Waals surface area contributed by atoms with Crippen molar-refractivity contribution < 1.29 is 22.9 Å². The highest BCUT2D eigenvalue weighted by Crippen LogP contribution is 2.32. The van der Waals surface area contributed by atoms with Crippen LogP contribution in [0.3, 0.4) is 0 Å². The van der Waals surface area contributed by atoms with Crippen LogP contribution in [0.5, 0.6) is 0 Å². The highest BCUT2D eigenvalue weighted by Gasteiger charge is 2.29. The molecular formula is C22H28N4O6S. The predicted molar refractivity (Wildman–Crippen MR) is 125 cm³/mol. The summed E-state index contributed by atoms with van der Waals surface area (Å²) in [6, 6.07) is 12.4. The number of rotatable bonds is 9. The van der Waals surface area contributed by atoms with E-state index in [1.54, 1.807) is 42.2 Å². The van der Waals surface area contributed by atoms with Crippen molar-refractivity contribution in [2.45, 2.75) is 30.7 Å². The largest absolute Gasteiger partial charge is 0.377 e. The summed E-state index contributed by atoms with van der Waals surface area (Å²) >= 11 is 0. The molecule has 1 fully saturated rings. The Morgan fingerprint density at radius 1 is 1.21 bits per heavy atom. The van der Waals surface area contributed by atoms with Gasteiger partial charge in [0.25, 0.3) is 15.7 Å². The molecule has 1 aliphatic rings. The van der Waals surface area contributed by atoms with E-state index in [1.807, 2.05) is 0 Å². The molecular weight excluding hydrogens is 448 g/mol. The lowest BCUT2D eigenvalue weighted by molar-refractivity contribution is -0.384. The predicted octanol–water partition coefficient (Wildman–Crippen LogP) is 2.86. The van der Waals surface area contributed by atoms with Crippen LogP contribution in [0.4, 0.5) is 17.1 Å². The molecule has 0 radical (unpaired) electrons. The molecule has 0 atom stereocenters. The molecule has 10 nitrogen and oxygen atoms in total. The van der Waals surface area contributed by atoms with Gasteiger partial charge in [-0.25, -0.2) is 8.42 Å². The third-order valence-corrected chi connectivity index (χ3v) is 7.46. The topological polar surface area (TPSA) is 122 Å². The minimum absolute atomic E-state index is 0.0251. The van der Waals surface area contributed by atoms with E-state index in [9.17, 15) is 23.3 Å². The number of sulfonamides is 1. The summed E-state index contributed by atoms with van der Waals surface area (Å²) in [6.07, 6.45) is 1.23. The standard InChI is InChI=1S/C22H28N4O6S/c1-3-25(18-7-5-4-6-8-18)33(30,31)19-9-10-20(21(15-19)26(28)29)23-17-11-13-24(14-12-17)22(27)16-32-2/h4-10,15,17,23H,3,11-14,16H2,1-2H3. The molecule has 2 aromatic carbocycles. The van der Waals surface area contributed by atoms with E-state index in [0.29, 0.717) is 31.6 Å². The molecule has 1 heterocycles. The van der Waals surface area contributed by atoms with E-state index in [2.05, 4.69) is 5.32 Å². The van der Waals surface area contributed by atoms with Crippen molar-refractivity contribution in [2.24, 2.45) is 0 Å². The van der Waals surface area contributed by atoms with Crippen LogP contribution >= 0.6 is 0 Å². The smallest absolute Gasteiger partial charge is 0.293 e. The number of anilines is 2. The van der Waals surface area contributed by atoms with E-state index in [1.165, 1.54) is 23.5 Å². The van der Waals surface area contributed by atoms with Gasteiger partial charge in [-0.2, -0.15) is 0 Å². The van der Waals surface area contributed by atoms with Crippen LogP contribution in [0.1, 0.15) is 19.8 Å². The second kappa shape index (κ2) is 10.6. The zero-order valence-corrected chi connectivity index (χ0v) is 19.5. The van der Waals surface area contributed by atoms with Gasteiger partial charge in [-0.15, -0.1) is 0 Å². The van der Waals surface area contributed by atoms with Gasteiger partial charge in [0.1, 0.15) is 12.3 Å². The van der Waals surface area contributed by atoms with E-state index >= 15 is 0 Å². The monoisotopic (exact) mass is 476 g/mol. The Morgan fingerprint density at radius 3 is 2.45 bits per heavy atom. The fraction of sp³-hybridized carbons (Fsp3) is 0.409. The SMILES string of the molecule is CCN(c1ccccc1)S(=O)(=O)c1ccc(NC2CCN(C(=O)COC)CC2)c([N+](=O)[O-])c1. The van der Waals surface area contributed by atoms with Crippen LogP contribution < -0.4 is 9.62 Å². The summed E-state index contributed by atoms with van der Waals surface area (Å²) in [5.74, 6) is -0.0876. The van der Waals surface area contributed by atoms with Crippen LogP contribution in [0.15, 0.2) is 53.4 Å². The Morgan fingerprint density at radius 2 is 1.88 bits per heavy atom. The normalized spacial score (nSPS) is 14.7. The van der Waals surface area contributed by atoms with Gasteiger partial charge in [0.2, 0.25) is 5.91 Å². The number of hydrogen-bond acceptors (Lipinski definition) is 7. The number of para-hydroxylation sites is 1. The maximum absolute atomic E-state index is 13.2. The number of nitro benzene ring substituents is 1. The number of carbonyl (C=O) groups is 1. The molecule has 178 valence electrons. The summed E-state index contributed by atoms with van der Waals surface area (Å²) in [5, 5.41) is 14.9. The van der Waals surface area contributed by atoms with E-state index in [0.717, 1.165) is 6.07 Å². The van der Waals surface area contributed by atoms with Gasteiger partial charge < -0.3 is 15.0 Å². The summed E-state index contributed by atoms with van der Waals surface area (Å²) < 4.78 is 32.5. The third-order valence-electron chi connectivity index (χ3n) is 5.56. The number of methoxy groups -OCH3 is 1. The highest BCUT2D eigenvalue weighted by atomic mass is 32.2. The average molecular weight is 477 g/mol. The number of nitro groups is 1. The fourth-order valence-corrected chi connectivity index (χ4v) is 5.36. The first kappa shape index (κ1) is 24.5. The number of ether oxygens (including phenoxy) is 1. The molecule has 1 amide bonds. The maximum Gasteiger partial charge on any atom is 0.293 e. The number of hydrogen-bond donors (Lipinski definition) is 1. The average Bonchev–Trinajstić information content (AvgIpc) is 2.80. The molecule has 1 N–H and O–H groups in total. The maximum atomic E-state index is 13.2. The van der Waals surface area contributed by atoms with Crippen LogP contribution in [-0.4, -0.2) is 63.5 Å². The van der Waals surface area contributed by atoms with Gasteiger partial charge >= 0.3 is 0 Å². The molecule has 0 aromatic heterocycles. The first-order chi connectivity index (χ1) is 15.8. The van der Waals surface area contributed by atoms with Gasteiger partial charge in [-0.05, 0) is 44.0 Å². The lowest BCUT2D eigenvalue weighted by atomic mass is 10.0. The molecule has 1 aliphatic heterocycles. The van der Waals surface area contributed by atoms with Crippen LogP contribution in [-0.2, 0) is 19.6 Å². The van der Waals surface area contributed by atoms with Gasteiger partial charge in [0.05, 0.1) is 15.5 Å². The van der Waals surface area contributed by atoms with Crippen molar-refractivity contribution >= 4 is 33.0 Å². The molecule has 11 heteroatoms. The minimum atomic E-state index is -3.99. The number of nitrogens with one attached hydrogen (secondary N) is 1. The number of likely N-dealkylation sites (tertiary alicyclic amines) is 1. The van der Waals surface area contributed by atoms with E-state index in [-0.39, 0.29) is 41.4 Å². The molecule has 0 unspecified atom stereocenters. The number of piperidine rings is 1. The fourth-order valence-electron chi connectivity index (χ4n) is 3.87. The van der Waals surface area contributed by atoms with Crippen LogP contribution in [0.25, 0.3) is 0 Å². The second-order valence-corrected chi connectivity index (χ2v) is 9.54. The Labute approximate surface area is 193 Å². The van der Waals surface area contributed by atoms with Crippen molar-refractivity contribution in [3.8, 4) is 0 Å². The lowest BCUT2D eigenvalue weighted by Gasteiger charge is -2.32. The molecule has 0 bridgehead atoms. The van der Waals surface area contributed by atoms with E-state index in [4.69, 9.17) is 4.74 Å². The summed E-state index contributed by atoms with van der Waals surface area (Å²) in [7, 11) is -2.52. The molecule has 0 aliphatic carbocycles. The molecule has 1 saturated heterocycles. The van der Waals surface area contributed by atoms with Crippen molar-refractivity contribution in [1.29, 1.82) is 0 Å². The lowest BCUT2D eigenvalue weighted by Crippen LogP contribution is -2.43. The molecule has 2 aromatic rings. The summed E-state index contributed by atoms with van der Waals surface area (Å²) in [6.45, 7) is 2.95. The number of benzene rings is 2. The molecule has 33 heavy (non-hydrogen) atoms. The molecule has 0 saturated carbocycles. The first-order valence-corrected chi connectivity index (χ1v) is 12.1. The van der Waals surface area contributed by atoms with Crippen LogP contribution in [0, 0.1) is 10.1 Å². The van der Waals surface area contributed by atoms with Crippen molar-refractivity contribution in [3.63, 3.8) is 0 Å². The third kappa shape index (κ3) is 5.60. The van der Waals surface area contributed by atoms with Crippen LogP contribution in [0.2, 0.25) is 0 Å². The first-order valence-electron chi connectivity index (χ1n) is 10.7. The minimum Gasteiger partial charge on any atom is -0.377 e. The number of nitrogens with zero attached hydrogens (tertiary/aromatic N) is 3. The molecule has 3 rings (SSSR count). The van der Waals surface area contributed by atoms with Crippen molar-refractivity contribution in [3.05, 3.63) is 58.6 Å². The Balaban J connectivity index is 1.80. The second-order valence-electron chi connectivity index (χ2n) is 7.67. The number of carbonyl (C=O) groups excluding carboxylic acids is 1. The Kier molecular flexibility index (Phi) is 7.88. The van der Waals surface area contributed by atoms with E-state index < -0.39 is 14.9 Å². The zero-order chi connectivity index (χ0) is 24.0. The van der Waals surface area contributed by atoms with Gasteiger partial charge in [0.15, 0.2) is 0 Å². The van der Waals surface area contributed by atoms with Gasteiger partial charge in [-0.3, -0.25) is 19.2 Å². The quantitative estimate of drug-likeness (QED) is 0.436. The Hall–Kier alpha value is -3.18. The number of amides is 1. The van der Waals surface area contributed by atoms with Crippen molar-refractivity contribution in [1.82, 2.24) is 4.90 Å².